The maximum Gasteiger partial charge on any atom is 0.0542 e. The van der Waals surface area contributed by atoms with Crippen molar-refractivity contribution >= 4 is 55.7 Å². The summed E-state index contributed by atoms with van der Waals surface area (Å²) in [6.45, 7) is 6.87. The fourth-order valence-electron chi connectivity index (χ4n) is 9.62. The Morgan fingerprint density at radius 1 is 0.350 bits per heavy atom. The first-order valence-electron chi connectivity index (χ1n) is 21.5. The molecular weight excluding hydrogens is 725 g/mol. The van der Waals surface area contributed by atoms with Crippen LogP contribution in [0.25, 0.3) is 54.9 Å². The molecule has 0 spiro atoms. The number of hydrogen-bond acceptors (Lipinski definition) is 2. The highest BCUT2D eigenvalue weighted by Gasteiger charge is 2.26. The van der Waals surface area contributed by atoms with E-state index in [-0.39, 0.29) is 5.41 Å². The van der Waals surface area contributed by atoms with Crippen molar-refractivity contribution in [1.29, 1.82) is 0 Å². The number of para-hydroxylation sites is 2. The van der Waals surface area contributed by atoms with Crippen LogP contribution in [0.15, 0.2) is 188 Å². The van der Waals surface area contributed by atoms with Gasteiger partial charge in [0.15, 0.2) is 0 Å². The molecule has 2 aliphatic carbocycles. The molecule has 0 radical (unpaired) electrons. The van der Waals surface area contributed by atoms with Gasteiger partial charge in [0.25, 0.3) is 0 Å². The second-order valence-electron chi connectivity index (χ2n) is 17.7. The second kappa shape index (κ2) is 14.4. The number of benzene rings is 9. The van der Waals surface area contributed by atoms with E-state index in [1.165, 1.54) is 102 Å². The molecule has 11 rings (SSSR count). The van der Waals surface area contributed by atoms with Crippen molar-refractivity contribution in [2.75, 3.05) is 9.80 Å². The fraction of sp³-hybridized carbons (Fsp3) is 0.138. The van der Waals surface area contributed by atoms with Crippen LogP contribution in [0.5, 0.6) is 0 Å². The van der Waals surface area contributed by atoms with E-state index in [2.05, 4.69) is 219 Å². The molecule has 2 heteroatoms. The third kappa shape index (κ3) is 6.35. The third-order valence-electron chi connectivity index (χ3n) is 12.8. The lowest BCUT2D eigenvalue weighted by atomic mass is 9.78. The van der Waals surface area contributed by atoms with Crippen LogP contribution in [-0.4, -0.2) is 0 Å². The zero-order valence-electron chi connectivity index (χ0n) is 34.6. The highest BCUT2D eigenvalue weighted by atomic mass is 15.1. The SMILES string of the molecule is CC(C)(C)c1ccc(N(c2ccc3cc4c(cc3c2)-c2cc3cc(N(c5ccccc5)c5ccccc5)ccc3cc2-4)c2cc3c(cc2-c2ccccc2)CCCC3)cc1. The van der Waals surface area contributed by atoms with Gasteiger partial charge in [-0.05, 0) is 194 Å². The molecule has 0 saturated heterocycles. The van der Waals surface area contributed by atoms with Crippen LogP contribution in [0.2, 0.25) is 0 Å². The van der Waals surface area contributed by atoms with Crippen LogP contribution in [0.1, 0.15) is 50.3 Å². The maximum atomic E-state index is 2.51. The number of nitrogens with zero attached hydrogens (tertiary/aromatic N) is 2. The Kier molecular flexibility index (Phi) is 8.71. The van der Waals surface area contributed by atoms with E-state index in [1.54, 1.807) is 0 Å². The average Bonchev–Trinajstić information content (AvgIpc) is 3.29. The summed E-state index contributed by atoms with van der Waals surface area (Å²) >= 11 is 0. The van der Waals surface area contributed by atoms with Gasteiger partial charge < -0.3 is 9.80 Å². The normalized spacial score (nSPS) is 13.0. The predicted molar refractivity (Wildman–Crippen MR) is 256 cm³/mol. The Morgan fingerprint density at radius 2 is 0.783 bits per heavy atom. The summed E-state index contributed by atoms with van der Waals surface area (Å²) in [6, 6.07) is 70.1. The van der Waals surface area contributed by atoms with E-state index < -0.39 is 0 Å². The summed E-state index contributed by atoms with van der Waals surface area (Å²) < 4.78 is 0. The number of hydrogen-bond donors (Lipinski definition) is 0. The molecule has 0 heterocycles. The van der Waals surface area contributed by atoms with E-state index in [4.69, 9.17) is 0 Å². The minimum absolute atomic E-state index is 0.0710. The Balaban J connectivity index is 1.03. The van der Waals surface area contributed by atoms with Crippen molar-refractivity contribution < 1.29 is 0 Å². The van der Waals surface area contributed by atoms with E-state index in [1.807, 2.05) is 0 Å². The van der Waals surface area contributed by atoms with Gasteiger partial charge in [-0.15, -0.1) is 0 Å². The molecule has 0 bridgehead atoms. The Bertz CT molecular complexity index is 3010. The van der Waals surface area contributed by atoms with E-state index in [9.17, 15) is 0 Å². The molecule has 0 N–H and O–H groups in total. The van der Waals surface area contributed by atoms with Crippen LogP contribution in [0.4, 0.5) is 34.1 Å². The lowest BCUT2D eigenvalue weighted by Gasteiger charge is -2.31. The van der Waals surface area contributed by atoms with E-state index in [0.29, 0.717) is 0 Å². The van der Waals surface area contributed by atoms with Crippen molar-refractivity contribution in [3.8, 4) is 33.4 Å². The van der Waals surface area contributed by atoms with Crippen molar-refractivity contribution in [2.24, 2.45) is 0 Å². The highest BCUT2D eigenvalue weighted by molar-refractivity contribution is 6.12. The topological polar surface area (TPSA) is 6.48 Å². The summed E-state index contributed by atoms with van der Waals surface area (Å²) in [5.74, 6) is 0. The van der Waals surface area contributed by atoms with Gasteiger partial charge in [0.1, 0.15) is 0 Å². The van der Waals surface area contributed by atoms with Gasteiger partial charge in [-0.25, -0.2) is 0 Å². The number of rotatable bonds is 7. The van der Waals surface area contributed by atoms with Gasteiger partial charge in [-0.1, -0.05) is 112 Å². The summed E-state index contributed by atoms with van der Waals surface area (Å²) in [6.07, 6.45) is 4.78. The molecule has 0 amide bonds. The molecule has 0 aromatic heterocycles. The molecular formula is C58H48N2. The van der Waals surface area contributed by atoms with Crippen molar-refractivity contribution in [3.63, 3.8) is 0 Å². The number of aryl methyl sites for hydroxylation is 2. The molecule has 0 atom stereocenters. The van der Waals surface area contributed by atoms with Crippen LogP contribution < -0.4 is 9.80 Å². The molecule has 0 saturated carbocycles. The molecule has 0 aliphatic heterocycles. The lowest BCUT2D eigenvalue weighted by molar-refractivity contribution is 0.590. The lowest BCUT2D eigenvalue weighted by Crippen LogP contribution is -2.15. The van der Waals surface area contributed by atoms with Crippen molar-refractivity contribution in [1.82, 2.24) is 0 Å². The van der Waals surface area contributed by atoms with Crippen LogP contribution in [-0.2, 0) is 18.3 Å². The smallest absolute Gasteiger partial charge is 0.0542 e. The second-order valence-corrected chi connectivity index (χ2v) is 17.7. The van der Waals surface area contributed by atoms with Gasteiger partial charge in [-0.3, -0.25) is 0 Å². The van der Waals surface area contributed by atoms with Gasteiger partial charge in [0.05, 0.1) is 5.69 Å². The number of fused-ring (bicyclic) bond motifs is 7. The predicted octanol–water partition coefficient (Wildman–Crippen LogP) is 16.4. The number of anilines is 6. The van der Waals surface area contributed by atoms with Crippen LogP contribution >= 0.6 is 0 Å². The van der Waals surface area contributed by atoms with Gasteiger partial charge >= 0.3 is 0 Å². The van der Waals surface area contributed by atoms with Gasteiger partial charge in [0, 0.05) is 34.0 Å². The molecule has 9 aromatic carbocycles. The van der Waals surface area contributed by atoms with Crippen LogP contribution in [0, 0.1) is 0 Å². The summed E-state index contributed by atoms with van der Waals surface area (Å²) in [5.41, 5.74) is 19.3. The van der Waals surface area contributed by atoms with Gasteiger partial charge in [-0.2, -0.15) is 0 Å². The third-order valence-corrected chi connectivity index (χ3v) is 12.8. The summed E-state index contributed by atoms with van der Waals surface area (Å²) in [7, 11) is 0. The van der Waals surface area contributed by atoms with Crippen molar-refractivity contribution in [2.45, 2.75) is 51.9 Å². The van der Waals surface area contributed by atoms with E-state index in [0.717, 1.165) is 29.9 Å². The fourth-order valence-corrected chi connectivity index (χ4v) is 9.62. The standard InChI is InChI=1S/C58H48N2/c1-58(2,3)46-25-29-49(30-26-46)60(57-38-41-18-14-13-17-40(41)33-52(57)39-15-7-4-8-16-39)51-28-24-43-35-54-53-34-42-23-27-50(31-44(42)36-55(53)56(54)37-45(43)32-51)59(47-19-9-5-10-20-47)48-21-11-6-12-22-48/h4-12,15-16,19-38H,13-14,17-18H2,1-3H3. The molecule has 2 aliphatic rings. The Labute approximate surface area is 354 Å². The quantitative estimate of drug-likeness (QED) is 0.159. The molecule has 0 unspecified atom stereocenters. The molecule has 60 heavy (non-hydrogen) atoms. The van der Waals surface area contributed by atoms with E-state index >= 15 is 0 Å². The minimum Gasteiger partial charge on any atom is -0.310 e. The Hall–Kier alpha value is -6.90. The van der Waals surface area contributed by atoms with Gasteiger partial charge in [0.2, 0.25) is 0 Å². The average molecular weight is 773 g/mol. The monoisotopic (exact) mass is 772 g/mol. The molecule has 9 aromatic rings. The molecule has 2 nitrogen and oxygen atoms in total. The summed E-state index contributed by atoms with van der Waals surface area (Å²) in [5, 5.41) is 5.01. The zero-order valence-corrected chi connectivity index (χ0v) is 34.6. The zero-order chi connectivity index (χ0) is 40.4. The Morgan fingerprint density at radius 3 is 1.30 bits per heavy atom. The van der Waals surface area contributed by atoms with Crippen molar-refractivity contribution in [3.05, 3.63) is 205 Å². The first-order valence-corrected chi connectivity index (χ1v) is 21.5. The van der Waals surface area contributed by atoms with Crippen LogP contribution in [0.3, 0.4) is 0 Å². The first-order chi connectivity index (χ1) is 29.4. The summed E-state index contributed by atoms with van der Waals surface area (Å²) in [4.78, 5) is 4.85. The molecule has 290 valence electrons. The minimum atomic E-state index is 0.0710. The largest absolute Gasteiger partial charge is 0.310 e. The maximum absolute atomic E-state index is 2.51. The highest BCUT2D eigenvalue weighted by Crippen LogP contribution is 2.52. The first kappa shape index (κ1) is 36.2. The molecule has 0 fully saturated rings.